The van der Waals surface area contributed by atoms with E-state index in [-0.39, 0.29) is 22.9 Å². The van der Waals surface area contributed by atoms with Crippen LogP contribution >= 0.6 is 11.6 Å². The van der Waals surface area contributed by atoms with Gasteiger partial charge in [-0.05, 0) is 36.4 Å². The van der Waals surface area contributed by atoms with Crippen molar-refractivity contribution in [2.45, 2.75) is 0 Å². The molecule has 0 radical (unpaired) electrons. The topological polar surface area (TPSA) is 127 Å². The Balaban J connectivity index is 1.42. The molecule has 1 heterocycles. The number of carbonyl (C=O) groups is 3. The number of halogens is 1. The van der Waals surface area contributed by atoms with Gasteiger partial charge in [-0.15, -0.1) is 0 Å². The molecule has 0 aliphatic carbocycles. The summed E-state index contributed by atoms with van der Waals surface area (Å²) in [5.74, 6) is -0.902. The SMILES string of the molecule is N#Cc1ccc(NC(=O)COC(=O)CNC(=O)c2ccc3c(c2)OCO3)cc1Cl. The van der Waals surface area contributed by atoms with Crippen LogP contribution in [0.4, 0.5) is 5.69 Å². The number of rotatable bonds is 6. The second kappa shape index (κ2) is 8.95. The van der Waals surface area contributed by atoms with Gasteiger partial charge in [0.05, 0.1) is 10.6 Å². The zero-order valence-electron chi connectivity index (χ0n) is 14.9. The predicted octanol–water partition coefficient (Wildman–Crippen LogP) is 1.85. The molecule has 10 heteroatoms. The minimum atomic E-state index is -0.785. The van der Waals surface area contributed by atoms with Gasteiger partial charge in [-0.2, -0.15) is 5.26 Å². The maximum absolute atomic E-state index is 12.1. The van der Waals surface area contributed by atoms with Crippen molar-refractivity contribution in [3.05, 3.63) is 52.5 Å². The van der Waals surface area contributed by atoms with Crippen molar-refractivity contribution < 1.29 is 28.6 Å². The second-order valence-electron chi connectivity index (χ2n) is 5.77. The van der Waals surface area contributed by atoms with Crippen molar-refractivity contribution >= 4 is 35.1 Å². The Morgan fingerprint density at radius 1 is 1.14 bits per heavy atom. The van der Waals surface area contributed by atoms with E-state index in [0.717, 1.165) is 0 Å². The Bertz CT molecular complexity index is 1020. The summed E-state index contributed by atoms with van der Waals surface area (Å²) in [7, 11) is 0. The van der Waals surface area contributed by atoms with Crippen LogP contribution in [-0.2, 0) is 14.3 Å². The highest BCUT2D eigenvalue weighted by molar-refractivity contribution is 6.32. The Morgan fingerprint density at radius 2 is 1.93 bits per heavy atom. The molecule has 0 bridgehead atoms. The first-order chi connectivity index (χ1) is 14.0. The van der Waals surface area contributed by atoms with Gasteiger partial charge in [-0.1, -0.05) is 11.6 Å². The molecule has 2 aromatic rings. The number of anilines is 1. The van der Waals surface area contributed by atoms with Gasteiger partial charge >= 0.3 is 5.97 Å². The van der Waals surface area contributed by atoms with Crippen LogP contribution in [-0.4, -0.2) is 37.7 Å². The number of nitrogens with one attached hydrogen (secondary N) is 2. The molecule has 2 N–H and O–H groups in total. The summed E-state index contributed by atoms with van der Waals surface area (Å²) in [6.45, 7) is -0.872. The number of hydrogen-bond acceptors (Lipinski definition) is 7. The quantitative estimate of drug-likeness (QED) is 0.689. The Kier molecular flexibility index (Phi) is 6.16. The van der Waals surface area contributed by atoms with Gasteiger partial charge in [0.25, 0.3) is 11.8 Å². The molecule has 2 aromatic carbocycles. The predicted molar refractivity (Wildman–Crippen MR) is 101 cm³/mol. The molecule has 0 unspecified atom stereocenters. The Morgan fingerprint density at radius 3 is 2.69 bits per heavy atom. The summed E-state index contributed by atoms with van der Waals surface area (Å²) in [6.07, 6.45) is 0. The van der Waals surface area contributed by atoms with E-state index in [9.17, 15) is 14.4 Å². The first-order valence-electron chi connectivity index (χ1n) is 8.29. The first-order valence-corrected chi connectivity index (χ1v) is 8.67. The third-order valence-electron chi connectivity index (χ3n) is 3.77. The van der Waals surface area contributed by atoms with E-state index in [2.05, 4.69) is 10.6 Å². The van der Waals surface area contributed by atoms with Gasteiger partial charge < -0.3 is 24.8 Å². The third-order valence-corrected chi connectivity index (χ3v) is 4.08. The molecule has 0 saturated heterocycles. The molecule has 29 heavy (non-hydrogen) atoms. The average Bonchev–Trinajstić information content (AvgIpc) is 3.18. The average molecular weight is 416 g/mol. The minimum absolute atomic E-state index is 0.0868. The van der Waals surface area contributed by atoms with Crippen LogP contribution in [0.15, 0.2) is 36.4 Å². The normalized spacial score (nSPS) is 11.3. The lowest BCUT2D eigenvalue weighted by Crippen LogP contribution is -2.32. The smallest absolute Gasteiger partial charge is 0.325 e. The second-order valence-corrected chi connectivity index (χ2v) is 6.17. The van der Waals surface area contributed by atoms with Crippen molar-refractivity contribution in [2.75, 3.05) is 25.3 Å². The molecule has 0 atom stereocenters. The maximum atomic E-state index is 12.1. The number of carbonyl (C=O) groups excluding carboxylic acids is 3. The van der Waals surface area contributed by atoms with Gasteiger partial charge in [0.1, 0.15) is 12.6 Å². The van der Waals surface area contributed by atoms with E-state index in [1.165, 1.54) is 30.3 Å². The molecule has 0 fully saturated rings. The number of esters is 1. The molecule has 0 aromatic heterocycles. The summed E-state index contributed by atoms with van der Waals surface area (Å²) >= 11 is 5.88. The summed E-state index contributed by atoms with van der Waals surface area (Å²) in [4.78, 5) is 35.7. The lowest BCUT2D eigenvalue weighted by atomic mass is 10.2. The lowest BCUT2D eigenvalue weighted by Gasteiger charge is -2.08. The molecule has 0 spiro atoms. The van der Waals surface area contributed by atoms with E-state index >= 15 is 0 Å². The number of nitriles is 1. The van der Waals surface area contributed by atoms with Crippen LogP contribution in [0.3, 0.4) is 0 Å². The molecular formula is C19H14ClN3O6. The van der Waals surface area contributed by atoms with Crippen LogP contribution in [0.5, 0.6) is 11.5 Å². The Hall–Kier alpha value is -3.77. The highest BCUT2D eigenvalue weighted by atomic mass is 35.5. The van der Waals surface area contributed by atoms with E-state index in [1.807, 2.05) is 6.07 Å². The van der Waals surface area contributed by atoms with E-state index in [1.54, 1.807) is 6.07 Å². The molecule has 1 aliphatic rings. The third kappa shape index (κ3) is 5.15. The zero-order valence-corrected chi connectivity index (χ0v) is 15.6. The van der Waals surface area contributed by atoms with Crippen molar-refractivity contribution in [3.63, 3.8) is 0 Å². The summed E-state index contributed by atoms with van der Waals surface area (Å²) in [5, 5.41) is 13.9. The summed E-state index contributed by atoms with van der Waals surface area (Å²) in [6, 6.07) is 10.9. The van der Waals surface area contributed by atoms with E-state index < -0.39 is 30.9 Å². The van der Waals surface area contributed by atoms with Crippen LogP contribution in [0.25, 0.3) is 0 Å². The maximum Gasteiger partial charge on any atom is 0.325 e. The summed E-state index contributed by atoms with van der Waals surface area (Å²) in [5.41, 5.74) is 0.915. The molecule has 3 rings (SSSR count). The monoisotopic (exact) mass is 415 g/mol. The number of nitrogens with zero attached hydrogens (tertiary/aromatic N) is 1. The van der Waals surface area contributed by atoms with Gasteiger partial charge in [-0.25, -0.2) is 0 Å². The number of hydrogen-bond donors (Lipinski definition) is 2. The molecule has 1 aliphatic heterocycles. The molecule has 148 valence electrons. The van der Waals surface area contributed by atoms with Gasteiger partial charge in [0, 0.05) is 11.3 Å². The zero-order chi connectivity index (χ0) is 20.8. The number of ether oxygens (including phenoxy) is 3. The number of fused-ring (bicyclic) bond motifs is 1. The number of amides is 2. The highest BCUT2D eigenvalue weighted by Crippen LogP contribution is 2.32. The molecular weight excluding hydrogens is 402 g/mol. The minimum Gasteiger partial charge on any atom is -0.454 e. The molecule has 9 nitrogen and oxygen atoms in total. The molecule has 0 saturated carbocycles. The number of benzene rings is 2. The van der Waals surface area contributed by atoms with Gasteiger partial charge in [-0.3, -0.25) is 14.4 Å². The van der Waals surface area contributed by atoms with Crippen LogP contribution < -0.4 is 20.1 Å². The van der Waals surface area contributed by atoms with Crippen molar-refractivity contribution in [1.29, 1.82) is 5.26 Å². The Labute approximate surface area is 170 Å². The van der Waals surface area contributed by atoms with Crippen LogP contribution in [0.2, 0.25) is 5.02 Å². The fourth-order valence-corrected chi connectivity index (χ4v) is 2.59. The lowest BCUT2D eigenvalue weighted by molar-refractivity contribution is -0.146. The summed E-state index contributed by atoms with van der Waals surface area (Å²) < 4.78 is 15.2. The standard InChI is InChI=1S/C19H14ClN3O6/c20-14-6-13(3-1-12(14)7-21)23-17(24)9-27-18(25)8-22-19(26)11-2-4-15-16(5-11)29-10-28-15/h1-6H,8-10H2,(H,22,26)(H,23,24). The van der Waals surface area contributed by atoms with Crippen LogP contribution in [0, 0.1) is 11.3 Å². The van der Waals surface area contributed by atoms with Crippen molar-refractivity contribution in [2.24, 2.45) is 0 Å². The largest absolute Gasteiger partial charge is 0.454 e. The highest BCUT2D eigenvalue weighted by Gasteiger charge is 2.17. The van der Waals surface area contributed by atoms with Gasteiger partial charge in [0.2, 0.25) is 6.79 Å². The van der Waals surface area contributed by atoms with Gasteiger partial charge in [0.15, 0.2) is 18.1 Å². The van der Waals surface area contributed by atoms with E-state index in [4.69, 9.17) is 31.1 Å². The van der Waals surface area contributed by atoms with E-state index in [0.29, 0.717) is 17.2 Å². The fourth-order valence-electron chi connectivity index (χ4n) is 2.37. The molecule has 2 amide bonds. The van der Waals surface area contributed by atoms with Crippen molar-refractivity contribution in [1.82, 2.24) is 5.32 Å². The van der Waals surface area contributed by atoms with Crippen LogP contribution in [0.1, 0.15) is 15.9 Å². The van der Waals surface area contributed by atoms with Crippen molar-refractivity contribution in [3.8, 4) is 17.6 Å². The first kappa shape index (κ1) is 20.0. The fraction of sp³-hybridized carbons (Fsp3) is 0.158.